The molecule has 0 radical (unpaired) electrons. The van der Waals surface area contributed by atoms with Crippen molar-refractivity contribution in [3.8, 4) is 0 Å². The predicted octanol–water partition coefficient (Wildman–Crippen LogP) is 5.99. The van der Waals surface area contributed by atoms with Gasteiger partial charge in [0.2, 0.25) is 0 Å². The molecule has 0 saturated heterocycles. The molecule has 4 rings (SSSR count). The van der Waals surface area contributed by atoms with Crippen LogP contribution in [0.3, 0.4) is 0 Å². The van der Waals surface area contributed by atoms with Gasteiger partial charge < -0.3 is 4.74 Å². The number of carbonyl (C=O) groups is 2. The number of pyridine rings is 1. The van der Waals surface area contributed by atoms with E-state index in [1.165, 1.54) is 5.56 Å². The summed E-state index contributed by atoms with van der Waals surface area (Å²) in [5.74, 6) is -0.169. The maximum absolute atomic E-state index is 13.3. The van der Waals surface area contributed by atoms with Crippen LogP contribution < -0.4 is 0 Å². The van der Waals surface area contributed by atoms with Gasteiger partial charge in [-0.2, -0.15) is 0 Å². The van der Waals surface area contributed by atoms with Crippen molar-refractivity contribution in [2.24, 2.45) is 11.3 Å². The Balaban J connectivity index is 1.63. The topological polar surface area (TPSA) is 56.3 Å². The van der Waals surface area contributed by atoms with Crippen LogP contribution in [0.2, 0.25) is 0 Å². The van der Waals surface area contributed by atoms with E-state index < -0.39 is 5.97 Å². The molecule has 1 atom stereocenters. The normalized spacial score (nSPS) is 15.9. The van der Waals surface area contributed by atoms with E-state index in [1.54, 1.807) is 12.1 Å². The number of hydrogen-bond acceptors (Lipinski definition) is 4. The minimum absolute atomic E-state index is 0.144. The van der Waals surface area contributed by atoms with Crippen molar-refractivity contribution < 1.29 is 14.3 Å². The first-order chi connectivity index (χ1) is 15.3. The van der Waals surface area contributed by atoms with Gasteiger partial charge in [0, 0.05) is 16.6 Å². The van der Waals surface area contributed by atoms with Crippen molar-refractivity contribution in [2.45, 2.75) is 53.4 Å². The van der Waals surface area contributed by atoms with Crippen molar-refractivity contribution >= 4 is 22.7 Å². The first kappa shape index (κ1) is 22.2. The summed E-state index contributed by atoms with van der Waals surface area (Å²) in [5, 5.41) is 0.797. The largest absolute Gasteiger partial charge is 0.454 e. The average Bonchev–Trinajstić information content (AvgIpc) is 2.79. The highest BCUT2D eigenvalue weighted by atomic mass is 16.5. The van der Waals surface area contributed by atoms with Gasteiger partial charge in [0.1, 0.15) is 0 Å². The first-order valence-electron chi connectivity index (χ1n) is 11.5. The Morgan fingerprint density at radius 1 is 1.06 bits per heavy atom. The van der Waals surface area contributed by atoms with E-state index in [2.05, 4.69) is 27.7 Å². The molecule has 4 heteroatoms. The molecule has 0 saturated carbocycles. The second-order valence-corrected chi connectivity index (χ2v) is 9.78. The third kappa shape index (κ3) is 4.45. The number of ether oxygens (including phenoxy) is 1. The first-order valence-corrected chi connectivity index (χ1v) is 11.5. The van der Waals surface area contributed by atoms with Crippen LogP contribution in [0.25, 0.3) is 10.9 Å². The summed E-state index contributed by atoms with van der Waals surface area (Å²) >= 11 is 0. The summed E-state index contributed by atoms with van der Waals surface area (Å²) < 4.78 is 5.58. The molecule has 3 aromatic rings. The fraction of sp³-hybridized carbons (Fsp3) is 0.393. The summed E-state index contributed by atoms with van der Waals surface area (Å²) in [5.41, 5.74) is 5.22. The fourth-order valence-electron chi connectivity index (χ4n) is 4.57. The van der Waals surface area contributed by atoms with Gasteiger partial charge in [-0.15, -0.1) is 0 Å². The molecule has 2 aromatic carbocycles. The number of Topliss-reactive ketones (excluding diaryl/α,β-unsaturated/α-hetero) is 1. The highest BCUT2D eigenvalue weighted by Gasteiger charge is 2.33. The Labute approximate surface area is 190 Å². The maximum Gasteiger partial charge on any atom is 0.339 e. The van der Waals surface area contributed by atoms with Gasteiger partial charge in [-0.05, 0) is 54.2 Å². The SMILES string of the molecule is CCc1ccc(C(=O)COC(=O)c2c3c(nc4ccccc24)CC[C@H](C(C)(C)C)C3)cc1. The Morgan fingerprint density at radius 2 is 1.78 bits per heavy atom. The van der Waals surface area contributed by atoms with Crippen molar-refractivity contribution in [1.29, 1.82) is 0 Å². The van der Waals surface area contributed by atoms with E-state index in [0.717, 1.165) is 47.8 Å². The number of esters is 1. The Hall–Kier alpha value is -3.01. The lowest BCUT2D eigenvalue weighted by Gasteiger charge is -2.35. The van der Waals surface area contributed by atoms with Crippen LogP contribution in [-0.2, 0) is 24.0 Å². The number of fused-ring (bicyclic) bond motifs is 2. The maximum atomic E-state index is 13.3. The molecule has 0 unspecified atom stereocenters. The molecule has 0 fully saturated rings. The summed E-state index contributed by atoms with van der Waals surface area (Å²) in [7, 11) is 0. The standard InChI is InChI=1S/C28H31NO3/c1-5-18-10-12-19(13-11-18)25(30)17-32-27(31)26-21-8-6-7-9-23(21)29-24-15-14-20(16-22(24)26)28(2,3)4/h6-13,20H,5,14-17H2,1-4H3/t20-/m0/s1. The molecule has 32 heavy (non-hydrogen) atoms. The molecule has 1 heterocycles. The minimum Gasteiger partial charge on any atom is -0.454 e. The molecular formula is C28H31NO3. The highest BCUT2D eigenvalue weighted by molar-refractivity contribution is 6.06. The number of ketones is 1. The van der Waals surface area contributed by atoms with Gasteiger partial charge >= 0.3 is 5.97 Å². The Bertz CT molecular complexity index is 1160. The van der Waals surface area contributed by atoms with E-state index in [1.807, 2.05) is 36.4 Å². The number of aryl methyl sites for hydroxylation is 2. The predicted molar refractivity (Wildman–Crippen MR) is 127 cm³/mol. The molecule has 0 amide bonds. The zero-order chi connectivity index (χ0) is 22.9. The molecular weight excluding hydrogens is 398 g/mol. The van der Waals surface area contributed by atoms with Gasteiger partial charge in [-0.25, -0.2) is 4.79 Å². The molecule has 1 aliphatic carbocycles. The van der Waals surface area contributed by atoms with Gasteiger partial charge in [-0.1, -0.05) is 70.2 Å². The van der Waals surface area contributed by atoms with Crippen LogP contribution in [0.5, 0.6) is 0 Å². The zero-order valence-corrected chi connectivity index (χ0v) is 19.4. The second-order valence-electron chi connectivity index (χ2n) is 9.78. The Kier molecular flexibility index (Phi) is 6.14. The second kappa shape index (κ2) is 8.85. The van der Waals surface area contributed by atoms with Crippen LogP contribution in [0.4, 0.5) is 0 Å². The lowest BCUT2D eigenvalue weighted by atomic mass is 9.70. The van der Waals surface area contributed by atoms with Gasteiger partial charge in [0.05, 0.1) is 11.1 Å². The van der Waals surface area contributed by atoms with Gasteiger partial charge in [0.15, 0.2) is 12.4 Å². The molecule has 0 bridgehead atoms. The molecule has 4 nitrogen and oxygen atoms in total. The van der Waals surface area contributed by atoms with E-state index in [9.17, 15) is 9.59 Å². The zero-order valence-electron chi connectivity index (χ0n) is 19.4. The molecule has 0 spiro atoms. The van der Waals surface area contributed by atoms with Gasteiger partial charge in [-0.3, -0.25) is 9.78 Å². The molecule has 166 valence electrons. The number of carbonyl (C=O) groups excluding carboxylic acids is 2. The lowest BCUT2D eigenvalue weighted by molar-refractivity contribution is 0.0474. The molecule has 0 aliphatic heterocycles. The van der Waals surface area contributed by atoms with E-state index in [0.29, 0.717) is 17.0 Å². The number of para-hydroxylation sites is 1. The molecule has 1 aliphatic rings. The highest BCUT2D eigenvalue weighted by Crippen LogP contribution is 2.39. The average molecular weight is 430 g/mol. The third-order valence-corrected chi connectivity index (χ3v) is 6.71. The van der Waals surface area contributed by atoms with E-state index in [-0.39, 0.29) is 17.8 Å². The fourth-order valence-corrected chi connectivity index (χ4v) is 4.57. The molecule has 1 aromatic heterocycles. The smallest absolute Gasteiger partial charge is 0.339 e. The summed E-state index contributed by atoms with van der Waals surface area (Å²) in [6.07, 6.45) is 3.63. The van der Waals surface area contributed by atoms with E-state index >= 15 is 0 Å². The Morgan fingerprint density at radius 3 is 2.47 bits per heavy atom. The molecule has 0 N–H and O–H groups in total. The van der Waals surface area contributed by atoms with Crippen LogP contribution >= 0.6 is 0 Å². The van der Waals surface area contributed by atoms with Crippen LogP contribution in [0, 0.1) is 11.3 Å². The number of hydrogen-bond donors (Lipinski definition) is 0. The quantitative estimate of drug-likeness (QED) is 0.369. The van der Waals surface area contributed by atoms with Crippen molar-refractivity contribution in [3.63, 3.8) is 0 Å². The third-order valence-electron chi connectivity index (χ3n) is 6.71. The lowest BCUT2D eigenvalue weighted by Crippen LogP contribution is -2.29. The number of nitrogens with zero attached hydrogens (tertiary/aromatic N) is 1. The van der Waals surface area contributed by atoms with Crippen molar-refractivity contribution in [1.82, 2.24) is 4.98 Å². The van der Waals surface area contributed by atoms with E-state index in [4.69, 9.17) is 9.72 Å². The number of aromatic nitrogens is 1. The van der Waals surface area contributed by atoms with Crippen LogP contribution in [-0.4, -0.2) is 23.3 Å². The monoisotopic (exact) mass is 429 g/mol. The summed E-state index contributed by atoms with van der Waals surface area (Å²) in [6.45, 7) is 8.55. The van der Waals surface area contributed by atoms with Crippen LogP contribution in [0.1, 0.15) is 71.7 Å². The van der Waals surface area contributed by atoms with Crippen LogP contribution in [0.15, 0.2) is 48.5 Å². The summed E-state index contributed by atoms with van der Waals surface area (Å²) in [4.78, 5) is 30.8. The van der Waals surface area contributed by atoms with Gasteiger partial charge in [0.25, 0.3) is 0 Å². The minimum atomic E-state index is -0.437. The number of rotatable bonds is 5. The van der Waals surface area contributed by atoms with Crippen molar-refractivity contribution in [3.05, 3.63) is 76.5 Å². The summed E-state index contributed by atoms with van der Waals surface area (Å²) in [6, 6.07) is 15.2. The number of benzene rings is 2. The van der Waals surface area contributed by atoms with Crippen molar-refractivity contribution in [2.75, 3.05) is 6.61 Å².